The SMILES string of the molecule is Cc1cc(CN(Cc2ccccn2)Cc2ccc(CN3C(=O)c4ccccc4C3=O)cc2O)c(O)c(CN(Cc2ccccn2)Cc2ccc(CN3C(=O)c4ccccc4C3=O)cc2O)c1. The Hall–Kier alpha value is -8.00. The van der Waals surface area contributed by atoms with Gasteiger partial charge >= 0.3 is 0 Å². The molecule has 0 radical (unpaired) electrons. The van der Waals surface area contributed by atoms with Crippen LogP contribution in [0.1, 0.15) is 91.8 Å². The van der Waals surface area contributed by atoms with Crippen molar-refractivity contribution in [1.82, 2.24) is 29.6 Å². The molecule has 4 heterocycles. The number of fused-ring (bicyclic) bond motifs is 2. The third-order valence-electron chi connectivity index (χ3n) is 11.9. The largest absolute Gasteiger partial charge is 0.508 e. The Balaban J connectivity index is 0.940. The maximum atomic E-state index is 13.0. The molecule has 330 valence electrons. The summed E-state index contributed by atoms with van der Waals surface area (Å²) in [6.07, 6.45) is 3.44. The molecule has 0 spiro atoms. The van der Waals surface area contributed by atoms with Crippen molar-refractivity contribution in [1.29, 1.82) is 0 Å². The van der Waals surface area contributed by atoms with Gasteiger partial charge in [-0.2, -0.15) is 0 Å². The maximum Gasteiger partial charge on any atom is 0.261 e. The molecule has 0 fully saturated rings. The highest BCUT2D eigenvalue weighted by molar-refractivity contribution is 6.22. The van der Waals surface area contributed by atoms with Gasteiger partial charge in [0.25, 0.3) is 23.6 Å². The normalized spacial score (nSPS) is 13.3. The van der Waals surface area contributed by atoms with Gasteiger partial charge in [0, 0.05) is 73.9 Å². The Kier molecular flexibility index (Phi) is 12.2. The standard InChI is InChI=1S/C53H46N6O7/c1-34-22-39(30-56(32-41-10-6-8-20-54-41)28-37-18-16-35(24-47(37)60)26-58-50(63)43-12-2-3-13-44(43)51(58)64)49(62)40(23-34)31-57(33-42-11-7-9-21-55-42)29-38-19-17-36(25-48(38)61)27-59-52(65)45-14-4-5-15-46(45)53(59)66/h2-25,60-62H,26-33H2,1H3. The van der Waals surface area contributed by atoms with Gasteiger partial charge in [-0.3, -0.25) is 48.7 Å². The lowest BCUT2D eigenvalue weighted by Gasteiger charge is -2.26. The van der Waals surface area contributed by atoms with Crippen LogP contribution in [0.5, 0.6) is 17.2 Å². The number of hydrogen-bond donors (Lipinski definition) is 3. The quantitative estimate of drug-likeness (QED) is 0.0808. The van der Waals surface area contributed by atoms with Crippen LogP contribution in [0.15, 0.2) is 146 Å². The molecule has 2 aliphatic heterocycles. The molecule has 66 heavy (non-hydrogen) atoms. The van der Waals surface area contributed by atoms with E-state index in [1.165, 1.54) is 9.80 Å². The Morgan fingerprint density at radius 1 is 0.439 bits per heavy atom. The summed E-state index contributed by atoms with van der Waals surface area (Å²) in [6.45, 7) is 3.95. The first-order valence-electron chi connectivity index (χ1n) is 21.6. The number of amides is 4. The van der Waals surface area contributed by atoms with Gasteiger partial charge in [0.05, 0.1) is 46.7 Å². The van der Waals surface area contributed by atoms with E-state index in [1.807, 2.05) is 55.5 Å². The van der Waals surface area contributed by atoms with Gasteiger partial charge in [-0.05, 0) is 78.7 Å². The Morgan fingerprint density at radius 2 is 0.803 bits per heavy atom. The molecular weight excluding hydrogens is 833 g/mol. The van der Waals surface area contributed by atoms with E-state index in [2.05, 4.69) is 19.8 Å². The second-order valence-electron chi connectivity index (χ2n) is 16.8. The van der Waals surface area contributed by atoms with Crippen LogP contribution in [0.4, 0.5) is 0 Å². The fraction of sp³-hybridized carbons (Fsp3) is 0.170. The van der Waals surface area contributed by atoms with Crippen molar-refractivity contribution in [3.63, 3.8) is 0 Å². The first kappa shape index (κ1) is 43.3. The monoisotopic (exact) mass is 878 g/mol. The third-order valence-corrected chi connectivity index (χ3v) is 11.9. The first-order valence-corrected chi connectivity index (χ1v) is 21.6. The number of rotatable bonds is 16. The molecule has 5 aromatic carbocycles. The topological polar surface area (TPSA) is 168 Å². The summed E-state index contributed by atoms with van der Waals surface area (Å²) in [5, 5.41) is 34.7. The lowest BCUT2D eigenvalue weighted by molar-refractivity contribution is 0.0627. The summed E-state index contributed by atoms with van der Waals surface area (Å²) in [5.74, 6) is -1.36. The molecule has 2 aromatic heterocycles. The minimum absolute atomic E-state index is 0.00863. The average molecular weight is 879 g/mol. The minimum Gasteiger partial charge on any atom is -0.508 e. The molecule has 7 aromatic rings. The second kappa shape index (κ2) is 18.6. The van der Waals surface area contributed by atoms with Gasteiger partial charge in [-0.25, -0.2) is 0 Å². The van der Waals surface area contributed by atoms with E-state index in [0.29, 0.717) is 81.8 Å². The Bertz CT molecular complexity index is 2730. The number of benzene rings is 5. The molecular formula is C53H46N6O7. The number of phenolic OH excluding ortho intramolecular Hbond substituents is 3. The molecule has 4 amide bonds. The molecule has 2 aliphatic rings. The highest BCUT2D eigenvalue weighted by Gasteiger charge is 2.36. The lowest BCUT2D eigenvalue weighted by Crippen LogP contribution is -2.29. The van der Waals surface area contributed by atoms with E-state index in [-0.39, 0.29) is 67.1 Å². The van der Waals surface area contributed by atoms with Crippen molar-refractivity contribution in [3.05, 3.63) is 218 Å². The molecule has 13 heteroatoms. The van der Waals surface area contributed by atoms with E-state index >= 15 is 0 Å². The molecule has 0 saturated heterocycles. The van der Waals surface area contributed by atoms with Crippen molar-refractivity contribution in [2.24, 2.45) is 0 Å². The third kappa shape index (κ3) is 9.16. The number of hydrogen-bond acceptors (Lipinski definition) is 11. The molecule has 0 aliphatic carbocycles. The van der Waals surface area contributed by atoms with E-state index in [9.17, 15) is 34.5 Å². The van der Waals surface area contributed by atoms with Gasteiger partial charge in [0.2, 0.25) is 0 Å². The van der Waals surface area contributed by atoms with Crippen molar-refractivity contribution in [2.75, 3.05) is 0 Å². The molecule has 3 N–H and O–H groups in total. The van der Waals surface area contributed by atoms with Gasteiger partial charge < -0.3 is 15.3 Å². The number of aryl methyl sites for hydroxylation is 1. The number of nitrogens with zero attached hydrogens (tertiary/aromatic N) is 6. The number of aromatic hydroxyl groups is 3. The zero-order chi connectivity index (χ0) is 45.9. The lowest BCUT2D eigenvalue weighted by atomic mass is 10.0. The summed E-state index contributed by atoms with van der Waals surface area (Å²) in [7, 11) is 0. The van der Waals surface area contributed by atoms with Gasteiger partial charge in [-0.1, -0.05) is 78.4 Å². The molecule has 0 unspecified atom stereocenters. The smallest absolute Gasteiger partial charge is 0.261 e. The fourth-order valence-corrected chi connectivity index (χ4v) is 8.73. The summed E-state index contributed by atoms with van der Waals surface area (Å²) < 4.78 is 0. The van der Waals surface area contributed by atoms with Gasteiger partial charge in [-0.15, -0.1) is 0 Å². The number of aromatic nitrogens is 2. The molecule has 9 rings (SSSR count). The molecule has 0 saturated carbocycles. The van der Waals surface area contributed by atoms with Crippen LogP contribution in [0, 0.1) is 6.92 Å². The van der Waals surface area contributed by atoms with Crippen LogP contribution >= 0.6 is 0 Å². The van der Waals surface area contributed by atoms with E-state index in [0.717, 1.165) is 17.0 Å². The van der Waals surface area contributed by atoms with Crippen LogP contribution in [0.3, 0.4) is 0 Å². The number of imide groups is 2. The zero-order valence-corrected chi connectivity index (χ0v) is 36.2. The van der Waals surface area contributed by atoms with Crippen LogP contribution in [-0.2, 0) is 52.4 Å². The minimum atomic E-state index is -0.371. The second-order valence-corrected chi connectivity index (χ2v) is 16.8. The van der Waals surface area contributed by atoms with Crippen LogP contribution in [-0.4, -0.2) is 68.5 Å². The van der Waals surface area contributed by atoms with Gasteiger partial charge in [0.1, 0.15) is 17.2 Å². The maximum absolute atomic E-state index is 13.0. The van der Waals surface area contributed by atoms with E-state index in [1.54, 1.807) is 97.3 Å². The fourth-order valence-electron chi connectivity index (χ4n) is 8.73. The molecule has 0 atom stereocenters. The average Bonchev–Trinajstić information content (AvgIpc) is 3.70. The molecule has 0 bridgehead atoms. The number of carbonyl (C=O) groups excluding carboxylic acids is 4. The van der Waals surface area contributed by atoms with Crippen molar-refractivity contribution in [3.8, 4) is 17.2 Å². The summed E-state index contributed by atoms with van der Waals surface area (Å²) in [6, 6.07) is 39.0. The Morgan fingerprint density at radius 3 is 1.15 bits per heavy atom. The van der Waals surface area contributed by atoms with E-state index < -0.39 is 0 Å². The van der Waals surface area contributed by atoms with Crippen LogP contribution in [0.25, 0.3) is 0 Å². The summed E-state index contributed by atoms with van der Waals surface area (Å²) in [5.41, 5.74) is 7.73. The predicted octanol–water partition coefficient (Wildman–Crippen LogP) is 7.90. The van der Waals surface area contributed by atoms with Gasteiger partial charge in [0.15, 0.2) is 0 Å². The van der Waals surface area contributed by atoms with Crippen molar-refractivity contribution in [2.45, 2.75) is 59.3 Å². The highest BCUT2D eigenvalue weighted by atomic mass is 16.3. The van der Waals surface area contributed by atoms with Crippen LogP contribution in [0.2, 0.25) is 0 Å². The molecule has 13 nitrogen and oxygen atoms in total. The highest BCUT2D eigenvalue weighted by Crippen LogP contribution is 2.33. The Labute approximate surface area is 381 Å². The number of pyridine rings is 2. The predicted molar refractivity (Wildman–Crippen MR) is 245 cm³/mol. The summed E-state index contributed by atoms with van der Waals surface area (Å²) in [4.78, 5) is 67.8. The van der Waals surface area contributed by atoms with Crippen LogP contribution < -0.4 is 0 Å². The number of carbonyl (C=O) groups is 4. The van der Waals surface area contributed by atoms with Crippen molar-refractivity contribution >= 4 is 23.6 Å². The van der Waals surface area contributed by atoms with Crippen molar-refractivity contribution < 1.29 is 34.5 Å². The number of phenols is 3. The van der Waals surface area contributed by atoms with E-state index in [4.69, 9.17) is 0 Å². The first-order chi connectivity index (χ1) is 32.0. The summed E-state index contributed by atoms with van der Waals surface area (Å²) >= 11 is 0. The zero-order valence-electron chi connectivity index (χ0n) is 36.2.